The average molecular weight is 332 g/mol. The molecule has 0 radical (unpaired) electrons. The average Bonchev–Trinajstić information content (AvgIpc) is 2.40. The van der Waals surface area contributed by atoms with Gasteiger partial charge in [0.15, 0.2) is 5.75 Å². The van der Waals surface area contributed by atoms with E-state index in [1.54, 1.807) is 6.92 Å². The number of phenols is 1. The van der Waals surface area contributed by atoms with Crippen LogP contribution in [0.2, 0.25) is 10.0 Å². The molecule has 2 rings (SSSR count). The third-order valence-corrected chi connectivity index (χ3v) is 3.72. The van der Waals surface area contributed by atoms with Crippen molar-refractivity contribution in [3.63, 3.8) is 0 Å². The van der Waals surface area contributed by atoms with E-state index in [9.17, 15) is 13.9 Å². The molecule has 1 atom stereocenters. The number of aryl methyl sites for hydroxylation is 1. The minimum absolute atomic E-state index is 0.0766. The molecule has 0 fully saturated rings. The number of aromatic hydroxyl groups is 1. The number of phenolic OH excluding ortho intramolecular Hbond substituents is 1. The van der Waals surface area contributed by atoms with E-state index in [0.717, 1.165) is 12.1 Å². The number of benzene rings is 2. The first kappa shape index (κ1) is 15.9. The molecule has 0 saturated heterocycles. The van der Waals surface area contributed by atoms with Gasteiger partial charge in [-0.15, -0.1) is 0 Å². The lowest BCUT2D eigenvalue weighted by Crippen LogP contribution is -2.09. The van der Waals surface area contributed by atoms with Crippen molar-refractivity contribution >= 4 is 28.9 Å². The maximum Gasteiger partial charge on any atom is 0.152 e. The van der Waals surface area contributed by atoms with Gasteiger partial charge in [-0.25, -0.2) is 8.78 Å². The van der Waals surface area contributed by atoms with Crippen LogP contribution < -0.4 is 5.32 Å². The Kier molecular flexibility index (Phi) is 4.59. The van der Waals surface area contributed by atoms with E-state index in [2.05, 4.69) is 5.32 Å². The molecule has 2 aromatic rings. The van der Waals surface area contributed by atoms with Crippen molar-refractivity contribution in [2.24, 2.45) is 0 Å². The number of nitrogens with one attached hydrogen (secondary N) is 1. The van der Waals surface area contributed by atoms with Gasteiger partial charge in [-0.3, -0.25) is 0 Å². The predicted molar refractivity (Wildman–Crippen MR) is 81.3 cm³/mol. The minimum Gasteiger partial charge on any atom is -0.505 e. The lowest BCUT2D eigenvalue weighted by Gasteiger charge is -2.18. The van der Waals surface area contributed by atoms with E-state index in [-0.39, 0.29) is 26.9 Å². The topological polar surface area (TPSA) is 32.3 Å². The van der Waals surface area contributed by atoms with Crippen LogP contribution in [-0.2, 0) is 0 Å². The fraction of sp³-hybridized carbons (Fsp3) is 0.200. The van der Waals surface area contributed by atoms with Crippen LogP contribution >= 0.6 is 23.2 Å². The van der Waals surface area contributed by atoms with Gasteiger partial charge in [-0.2, -0.15) is 0 Å². The van der Waals surface area contributed by atoms with Crippen LogP contribution in [0.5, 0.6) is 5.75 Å². The van der Waals surface area contributed by atoms with Crippen molar-refractivity contribution < 1.29 is 13.9 Å². The standard InChI is InChI=1S/C15H13Cl2F2NO/c1-7-3-14(19)10(6-13(7)18)8(2)20-9-4-11(16)15(21)12(17)5-9/h3-6,8,20-21H,1-2H3. The summed E-state index contributed by atoms with van der Waals surface area (Å²) in [5.41, 5.74) is 0.938. The van der Waals surface area contributed by atoms with Crippen LogP contribution in [0.4, 0.5) is 14.5 Å². The molecule has 0 aliphatic rings. The maximum atomic E-state index is 13.9. The summed E-state index contributed by atoms with van der Waals surface area (Å²) < 4.78 is 27.5. The minimum atomic E-state index is -0.503. The van der Waals surface area contributed by atoms with Crippen LogP contribution in [0, 0.1) is 18.6 Å². The molecule has 2 nitrogen and oxygen atoms in total. The lowest BCUT2D eigenvalue weighted by molar-refractivity contribution is 0.476. The Morgan fingerprint density at radius 2 is 1.62 bits per heavy atom. The summed E-state index contributed by atoms with van der Waals surface area (Å²) in [4.78, 5) is 0. The molecule has 21 heavy (non-hydrogen) atoms. The molecule has 0 aromatic heterocycles. The molecular weight excluding hydrogens is 319 g/mol. The molecule has 112 valence electrons. The second-order valence-corrected chi connectivity index (χ2v) is 5.59. The monoisotopic (exact) mass is 331 g/mol. The Balaban J connectivity index is 2.30. The molecule has 0 aliphatic heterocycles. The first-order chi connectivity index (χ1) is 9.79. The van der Waals surface area contributed by atoms with E-state index in [4.69, 9.17) is 23.2 Å². The van der Waals surface area contributed by atoms with E-state index < -0.39 is 17.7 Å². The summed E-state index contributed by atoms with van der Waals surface area (Å²) >= 11 is 11.6. The Labute approximate surface area is 131 Å². The molecule has 0 spiro atoms. The Hall–Kier alpha value is -1.52. The molecule has 1 unspecified atom stereocenters. The Bertz CT molecular complexity index is 669. The second kappa shape index (κ2) is 6.08. The summed E-state index contributed by atoms with van der Waals surface area (Å²) in [6, 6.07) is 4.73. The van der Waals surface area contributed by atoms with Crippen molar-refractivity contribution in [3.8, 4) is 5.75 Å². The molecule has 6 heteroatoms. The van der Waals surface area contributed by atoms with Crippen molar-refractivity contribution in [1.29, 1.82) is 0 Å². The number of halogens is 4. The largest absolute Gasteiger partial charge is 0.505 e. The summed E-state index contributed by atoms with van der Waals surface area (Å²) in [5, 5.41) is 12.6. The fourth-order valence-corrected chi connectivity index (χ4v) is 2.46. The SMILES string of the molecule is Cc1cc(F)c(C(C)Nc2cc(Cl)c(O)c(Cl)c2)cc1F. The zero-order valence-corrected chi connectivity index (χ0v) is 12.9. The third kappa shape index (κ3) is 3.39. The molecule has 0 heterocycles. The van der Waals surface area contributed by atoms with Gasteiger partial charge in [0.05, 0.1) is 16.1 Å². The molecule has 0 saturated carbocycles. The van der Waals surface area contributed by atoms with Crippen molar-refractivity contribution in [2.45, 2.75) is 19.9 Å². The van der Waals surface area contributed by atoms with E-state index in [1.165, 1.54) is 19.1 Å². The van der Waals surface area contributed by atoms with Gasteiger partial charge in [0.2, 0.25) is 0 Å². The zero-order valence-electron chi connectivity index (χ0n) is 11.3. The fourth-order valence-electron chi connectivity index (χ4n) is 1.97. The van der Waals surface area contributed by atoms with Gasteiger partial charge in [0.1, 0.15) is 11.6 Å². The van der Waals surface area contributed by atoms with Crippen LogP contribution in [0.1, 0.15) is 24.1 Å². The van der Waals surface area contributed by atoms with Gasteiger partial charge in [0, 0.05) is 11.3 Å². The summed E-state index contributed by atoms with van der Waals surface area (Å²) in [6.45, 7) is 3.18. The summed E-state index contributed by atoms with van der Waals surface area (Å²) in [6.07, 6.45) is 0. The Morgan fingerprint density at radius 1 is 1.05 bits per heavy atom. The molecule has 2 N–H and O–H groups in total. The van der Waals surface area contributed by atoms with Gasteiger partial charge in [0.25, 0.3) is 0 Å². The van der Waals surface area contributed by atoms with E-state index in [0.29, 0.717) is 5.69 Å². The van der Waals surface area contributed by atoms with Crippen LogP contribution in [0.25, 0.3) is 0 Å². The lowest BCUT2D eigenvalue weighted by atomic mass is 10.0. The highest BCUT2D eigenvalue weighted by Crippen LogP contribution is 2.36. The number of rotatable bonds is 3. The predicted octanol–water partition coefficient (Wildman–Crippen LogP) is 5.46. The highest BCUT2D eigenvalue weighted by Gasteiger charge is 2.15. The first-order valence-corrected chi connectivity index (χ1v) is 6.95. The second-order valence-electron chi connectivity index (χ2n) is 4.78. The molecule has 0 amide bonds. The van der Waals surface area contributed by atoms with E-state index in [1.807, 2.05) is 0 Å². The van der Waals surface area contributed by atoms with Crippen molar-refractivity contribution in [1.82, 2.24) is 0 Å². The van der Waals surface area contributed by atoms with Crippen LogP contribution in [0.15, 0.2) is 24.3 Å². The molecule has 0 bridgehead atoms. The van der Waals surface area contributed by atoms with Gasteiger partial charge in [-0.05, 0) is 43.7 Å². The first-order valence-electron chi connectivity index (χ1n) is 6.19. The molecule has 0 aliphatic carbocycles. The van der Waals surface area contributed by atoms with E-state index >= 15 is 0 Å². The summed E-state index contributed by atoms with van der Waals surface area (Å²) in [7, 11) is 0. The van der Waals surface area contributed by atoms with Gasteiger partial charge < -0.3 is 10.4 Å². The smallest absolute Gasteiger partial charge is 0.152 e. The molecular formula is C15H13Cl2F2NO. The maximum absolute atomic E-state index is 13.9. The zero-order chi connectivity index (χ0) is 15.7. The highest BCUT2D eigenvalue weighted by molar-refractivity contribution is 6.37. The van der Waals surface area contributed by atoms with Gasteiger partial charge >= 0.3 is 0 Å². The van der Waals surface area contributed by atoms with Crippen LogP contribution in [0.3, 0.4) is 0 Å². The summed E-state index contributed by atoms with van der Waals surface area (Å²) in [5.74, 6) is -1.18. The quantitative estimate of drug-likeness (QED) is 0.732. The normalized spacial score (nSPS) is 12.3. The van der Waals surface area contributed by atoms with Gasteiger partial charge in [-0.1, -0.05) is 23.2 Å². The van der Waals surface area contributed by atoms with Crippen molar-refractivity contribution in [3.05, 3.63) is 57.1 Å². The highest BCUT2D eigenvalue weighted by atomic mass is 35.5. The Morgan fingerprint density at radius 3 is 2.19 bits per heavy atom. The van der Waals surface area contributed by atoms with Crippen molar-refractivity contribution in [2.75, 3.05) is 5.32 Å². The van der Waals surface area contributed by atoms with Crippen LogP contribution in [-0.4, -0.2) is 5.11 Å². The number of hydrogen-bond donors (Lipinski definition) is 2. The third-order valence-electron chi connectivity index (χ3n) is 3.14. The molecule has 2 aromatic carbocycles. The number of hydrogen-bond acceptors (Lipinski definition) is 2. The number of anilines is 1.